The fourth-order valence-electron chi connectivity index (χ4n) is 8.33. The van der Waals surface area contributed by atoms with E-state index in [-0.39, 0.29) is 0 Å². The first-order valence-electron chi connectivity index (χ1n) is 17.7. The lowest BCUT2D eigenvalue weighted by atomic mass is 9.96. The van der Waals surface area contributed by atoms with Crippen LogP contribution in [0.15, 0.2) is 180 Å². The highest BCUT2D eigenvalue weighted by atomic mass is 28.3. The summed E-state index contributed by atoms with van der Waals surface area (Å²) >= 11 is 0. The molecule has 0 bridgehead atoms. The largest absolute Gasteiger partial charge is 0.456 e. The van der Waals surface area contributed by atoms with Crippen LogP contribution in [0.25, 0.3) is 66.1 Å². The van der Waals surface area contributed by atoms with Gasteiger partial charge in [-0.25, -0.2) is 0 Å². The normalized spacial score (nSPS) is 13.1. The molecule has 2 nitrogen and oxygen atoms in total. The summed E-state index contributed by atoms with van der Waals surface area (Å²) in [4.78, 5) is 2.45. The Hall–Kier alpha value is -6.16. The van der Waals surface area contributed by atoms with Crippen molar-refractivity contribution in [2.24, 2.45) is 0 Å². The fourth-order valence-corrected chi connectivity index (χ4v) is 11.4. The molecule has 0 aliphatic carbocycles. The molecule has 0 amide bonds. The molecule has 0 radical (unpaired) electrons. The minimum atomic E-state index is -1.90. The first kappa shape index (κ1) is 29.7. The SMILES string of the molecule is C[Si]1(C)c2ccccc2-c2ccc(N(c3ccc4oc5cccc(-c6ccc(-c7ccccc7)cc6)c5c4c3)c3cccc4ccccc34)cc21. The minimum Gasteiger partial charge on any atom is -0.456 e. The highest BCUT2D eigenvalue weighted by molar-refractivity contribution is 7.03. The first-order chi connectivity index (χ1) is 25.0. The van der Waals surface area contributed by atoms with Crippen molar-refractivity contribution in [1.29, 1.82) is 0 Å². The van der Waals surface area contributed by atoms with E-state index in [9.17, 15) is 0 Å². The molecule has 9 aromatic rings. The van der Waals surface area contributed by atoms with E-state index in [1.54, 1.807) is 0 Å². The number of fused-ring (bicyclic) bond motifs is 7. The van der Waals surface area contributed by atoms with Crippen molar-refractivity contribution in [3.8, 4) is 33.4 Å². The van der Waals surface area contributed by atoms with Crippen LogP contribution in [0.4, 0.5) is 17.1 Å². The number of nitrogens with zero attached hydrogens (tertiary/aromatic N) is 1. The van der Waals surface area contributed by atoms with Crippen LogP contribution in [0, 0.1) is 0 Å². The van der Waals surface area contributed by atoms with Crippen LogP contribution in [0.5, 0.6) is 0 Å². The maximum Gasteiger partial charge on any atom is 0.136 e. The fraction of sp³-hybridized carbons (Fsp3) is 0.0417. The van der Waals surface area contributed by atoms with E-state index in [2.05, 4.69) is 194 Å². The Morgan fingerprint density at radius 1 is 0.431 bits per heavy atom. The van der Waals surface area contributed by atoms with Gasteiger partial charge in [-0.15, -0.1) is 0 Å². The van der Waals surface area contributed by atoms with Crippen molar-refractivity contribution in [2.45, 2.75) is 13.1 Å². The predicted octanol–water partition coefficient (Wildman–Crippen LogP) is 12.3. The third-order valence-electron chi connectivity index (χ3n) is 10.9. The molecule has 0 spiro atoms. The van der Waals surface area contributed by atoms with Crippen molar-refractivity contribution < 1.29 is 4.42 Å². The molecule has 0 fully saturated rings. The van der Waals surface area contributed by atoms with Gasteiger partial charge >= 0.3 is 0 Å². The van der Waals surface area contributed by atoms with Gasteiger partial charge in [0.1, 0.15) is 19.2 Å². The summed E-state index contributed by atoms with van der Waals surface area (Å²) < 4.78 is 6.53. The lowest BCUT2D eigenvalue weighted by Gasteiger charge is -2.28. The molecule has 0 atom stereocenters. The van der Waals surface area contributed by atoms with Crippen LogP contribution in [0.1, 0.15) is 0 Å². The van der Waals surface area contributed by atoms with Gasteiger partial charge in [0.25, 0.3) is 0 Å². The first-order valence-corrected chi connectivity index (χ1v) is 20.7. The summed E-state index contributed by atoms with van der Waals surface area (Å²) in [5, 5.41) is 7.69. The Bertz CT molecular complexity index is 2770. The molecule has 3 heteroatoms. The average molecular weight is 670 g/mol. The molecule has 0 saturated heterocycles. The summed E-state index contributed by atoms with van der Waals surface area (Å²) in [7, 11) is -1.90. The van der Waals surface area contributed by atoms with Gasteiger partial charge in [0.05, 0.1) is 5.69 Å². The molecular formula is C48H35NOSi. The molecule has 0 saturated carbocycles. The van der Waals surface area contributed by atoms with E-state index in [1.165, 1.54) is 60.2 Å². The third kappa shape index (κ3) is 4.70. The topological polar surface area (TPSA) is 16.4 Å². The average Bonchev–Trinajstić information content (AvgIpc) is 3.67. The highest BCUT2D eigenvalue weighted by Crippen LogP contribution is 2.44. The number of rotatable bonds is 5. The highest BCUT2D eigenvalue weighted by Gasteiger charge is 2.37. The molecule has 0 N–H and O–H groups in total. The number of anilines is 3. The number of hydrogen-bond donors (Lipinski definition) is 0. The van der Waals surface area contributed by atoms with Gasteiger partial charge in [-0.3, -0.25) is 0 Å². The van der Waals surface area contributed by atoms with Gasteiger partial charge in [-0.1, -0.05) is 147 Å². The van der Waals surface area contributed by atoms with Crippen LogP contribution in [-0.2, 0) is 0 Å². The van der Waals surface area contributed by atoms with Crippen LogP contribution in [0.3, 0.4) is 0 Å². The maximum absolute atomic E-state index is 6.53. The van der Waals surface area contributed by atoms with E-state index >= 15 is 0 Å². The lowest BCUT2D eigenvalue weighted by Crippen LogP contribution is -2.49. The van der Waals surface area contributed by atoms with Gasteiger partial charge in [-0.05, 0) is 91.6 Å². The van der Waals surface area contributed by atoms with E-state index in [4.69, 9.17) is 4.42 Å². The molecule has 1 aromatic heterocycles. The Morgan fingerprint density at radius 2 is 1.08 bits per heavy atom. The molecule has 2 heterocycles. The molecule has 8 aromatic carbocycles. The van der Waals surface area contributed by atoms with Gasteiger partial charge in [-0.2, -0.15) is 0 Å². The van der Waals surface area contributed by atoms with E-state index < -0.39 is 8.07 Å². The second-order valence-corrected chi connectivity index (χ2v) is 18.5. The summed E-state index contributed by atoms with van der Waals surface area (Å²) in [5.74, 6) is 0. The van der Waals surface area contributed by atoms with Crippen LogP contribution >= 0.6 is 0 Å². The molecule has 1 aliphatic heterocycles. The van der Waals surface area contributed by atoms with Crippen LogP contribution in [0.2, 0.25) is 13.1 Å². The van der Waals surface area contributed by atoms with E-state index in [1.807, 2.05) is 0 Å². The molecule has 242 valence electrons. The summed E-state index contributed by atoms with van der Waals surface area (Å²) in [6.45, 7) is 4.97. The van der Waals surface area contributed by atoms with Crippen molar-refractivity contribution in [1.82, 2.24) is 0 Å². The number of hydrogen-bond acceptors (Lipinski definition) is 2. The predicted molar refractivity (Wildman–Crippen MR) is 219 cm³/mol. The van der Waals surface area contributed by atoms with Gasteiger partial charge < -0.3 is 9.32 Å². The van der Waals surface area contributed by atoms with Gasteiger partial charge in [0.15, 0.2) is 0 Å². The van der Waals surface area contributed by atoms with E-state index in [0.717, 1.165) is 33.3 Å². The molecule has 1 aliphatic rings. The monoisotopic (exact) mass is 669 g/mol. The Labute approximate surface area is 298 Å². The molecule has 0 unspecified atom stereocenters. The second-order valence-electron chi connectivity index (χ2n) is 14.1. The Balaban J connectivity index is 1.17. The van der Waals surface area contributed by atoms with Crippen LogP contribution in [-0.4, -0.2) is 8.07 Å². The summed E-state index contributed by atoms with van der Waals surface area (Å²) in [5.41, 5.74) is 12.7. The van der Waals surface area contributed by atoms with E-state index in [0.29, 0.717) is 0 Å². The summed E-state index contributed by atoms with van der Waals surface area (Å²) in [6.07, 6.45) is 0. The molecule has 51 heavy (non-hydrogen) atoms. The number of benzene rings is 8. The standard InChI is InChI=1S/C48H35NOSi/c1-51(2)46-21-9-8-17-40(46)41-28-26-37(31-47(41)51)49(43-19-10-15-34-14-6-7-16-38(34)43)36-27-29-44-42(30-36)48-39(18-11-20-45(48)50-44)35-24-22-33(23-25-35)32-12-4-3-5-13-32/h3-31H,1-2H3. The third-order valence-corrected chi connectivity index (χ3v) is 14.4. The number of furan rings is 1. The van der Waals surface area contributed by atoms with Crippen molar-refractivity contribution in [3.63, 3.8) is 0 Å². The minimum absolute atomic E-state index is 0.887. The zero-order valence-corrected chi connectivity index (χ0v) is 29.6. The second kappa shape index (κ2) is 11.4. The maximum atomic E-state index is 6.53. The van der Waals surface area contributed by atoms with Crippen molar-refractivity contribution in [3.05, 3.63) is 176 Å². The zero-order chi connectivity index (χ0) is 34.1. The van der Waals surface area contributed by atoms with Gasteiger partial charge in [0.2, 0.25) is 0 Å². The quantitative estimate of drug-likeness (QED) is 0.170. The Kier molecular flexibility index (Phi) is 6.67. The zero-order valence-electron chi connectivity index (χ0n) is 28.6. The van der Waals surface area contributed by atoms with Crippen molar-refractivity contribution in [2.75, 3.05) is 4.90 Å². The van der Waals surface area contributed by atoms with Crippen LogP contribution < -0.4 is 15.3 Å². The van der Waals surface area contributed by atoms with Gasteiger partial charge in [0, 0.05) is 27.5 Å². The van der Waals surface area contributed by atoms with Crippen molar-refractivity contribution >= 4 is 68.2 Å². The lowest BCUT2D eigenvalue weighted by molar-refractivity contribution is 0.669. The summed E-state index contributed by atoms with van der Waals surface area (Å²) in [6, 6.07) is 64.0. The Morgan fingerprint density at radius 3 is 1.96 bits per heavy atom. The molecule has 10 rings (SSSR count). The smallest absolute Gasteiger partial charge is 0.136 e. The molecular weight excluding hydrogens is 635 g/mol.